The first-order chi connectivity index (χ1) is 8.61. The summed E-state index contributed by atoms with van der Waals surface area (Å²) in [6.07, 6.45) is 6.85. The van der Waals surface area contributed by atoms with Gasteiger partial charge in [-0.25, -0.2) is 4.79 Å². The number of aliphatic hydroxyl groups is 1. The molecule has 1 aliphatic heterocycles. The number of amides is 2. The Hall–Kier alpha value is -1.25. The van der Waals surface area contributed by atoms with E-state index in [9.17, 15) is 9.90 Å². The summed E-state index contributed by atoms with van der Waals surface area (Å²) in [6.45, 7) is 5.38. The molecule has 0 bridgehead atoms. The number of likely N-dealkylation sites (tertiary alicyclic amines) is 1. The number of nitrogens with zero attached hydrogens (tertiary/aromatic N) is 1. The summed E-state index contributed by atoms with van der Waals surface area (Å²) in [5.74, 6) is 3.10. The zero-order valence-corrected chi connectivity index (χ0v) is 11.0. The molecular formula is C13H23N3O2. The number of aliphatic hydroxyl groups excluding tert-OH is 1. The highest BCUT2D eigenvalue weighted by molar-refractivity contribution is 5.74. The summed E-state index contributed by atoms with van der Waals surface area (Å²) in [7, 11) is 0. The molecule has 1 atom stereocenters. The SMILES string of the molecule is C#CCNC(=O)NC[C@@H](O)CN1CCC(C)CC1. The van der Waals surface area contributed by atoms with Crippen LogP contribution in [0.3, 0.4) is 0 Å². The van der Waals surface area contributed by atoms with Crippen molar-refractivity contribution in [2.24, 2.45) is 5.92 Å². The number of terminal acetylenes is 1. The van der Waals surface area contributed by atoms with Crippen molar-refractivity contribution in [1.82, 2.24) is 15.5 Å². The number of β-amino-alcohol motifs (C(OH)–C–C–N with tert-alkyl or cyclic N) is 1. The van der Waals surface area contributed by atoms with E-state index >= 15 is 0 Å². The molecule has 0 spiro atoms. The van der Waals surface area contributed by atoms with E-state index in [4.69, 9.17) is 6.42 Å². The maximum atomic E-state index is 11.2. The van der Waals surface area contributed by atoms with E-state index in [1.807, 2.05) is 0 Å². The molecule has 2 amide bonds. The van der Waals surface area contributed by atoms with Crippen LogP contribution >= 0.6 is 0 Å². The van der Waals surface area contributed by atoms with Gasteiger partial charge in [0.1, 0.15) is 0 Å². The van der Waals surface area contributed by atoms with Gasteiger partial charge in [0.25, 0.3) is 0 Å². The van der Waals surface area contributed by atoms with E-state index in [1.54, 1.807) is 0 Å². The summed E-state index contributed by atoms with van der Waals surface area (Å²) in [5.41, 5.74) is 0. The highest BCUT2D eigenvalue weighted by Crippen LogP contribution is 2.15. The number of carbonyl (C=O) groups excluding carboxylic acids is 1. The third kappa shape index (κ3) is 5.89. The van der Waals surface area contributed by atoms with Crippen molar-refractivity contribution >= 4 is 6.03 Å². The standard InChI is InChI=1S/C13H23N3O2/c1-3-6-14-13(18)15-9-12(17)10-16-7-4-11(2)5-8-16/h1,11-12,17H,4-10H2,2H3,(H2,14,15,18)/t12-/m1/s1. The molecule has 1 rings (SSSR count). The summed E-state index contributed by atoms with van der Waals surface area (Å²) >= 11 is 0. The van der Waals surface area contributed by atoms with E-state index in [1.165, 1.54) is 12.8 Å². The van der Waals surface area contributed by atoms with Crippen LogP contribution in [-0.2, 0) is 0 Å². The molecule has 0 unspecified atom stereocenters. The molecule has 0 aliphatic carbocycles. The van der Waals surface area contributed by atoms with E-state index in [2.05, 4.69) is 28.4 Å². The third-order valence-electron chi connectivity index (χ3n) is 3.19. The first kappa shape index (κ1) is 14.8. The van der Waals surface area contributed by atoms with Crippen LogP contribution in [0.1, 0.15) is 19.8 Å². The van der Waals surface area contributed by atoms with Gasteiger partial charge in [-0.3, -0.25) is 0 Å². The zero-order valence-electron chi connectivity index (χ0n) is 11.0. The highest BCUT2D eigenvalue weighted by Gasteiger charge is 2.18. The number of hydrogen-bond donors (Lipinski definition) is 3. The predicted molar refractivity (Wildman–Crippen MR) is 71.1 cm³/mol. The van der Waals surface area contributed by atoms with Gasteiger partial charge in [-0.1, -0.05) is 12.8 Å². The average Bonchev–Trinajstić information content (AvgIpc) is 2.36. The van der Waals surface area contributed by atoms with Gasteiger partial charge in [-0.05, 0) is 31.8 Å². The molecule has 0 aromatic carbocycles. The van der Waals surface area contributed by atoms with Crippen LogP contribution in [0.5, 0.6) is 0 Å². The van der Waals surface area contributed by atoms with Gasteiger partial charge in [0, 0.05) is 13.1 Å². The lowest BCUT2D eigenvalue weighted by molar-refractivity contribution is 0.0920. The topological polar surface area (TPSA) is 64.6 Å². The van der Waals surface area contributed by atoms with E-state index in [-0.39, 0.29) is 19.1 Å². The molecule has 0 saturated carbocycles. The Kier molecular flexibility index (Phi) is 6.55. The van der Waals surface area contributed by atoms with E-state index in [0.29, 0.717) is 6.54 Å². The van der Waals surface area contributed by atoms with Gasteiger partial charge in [0.05, 0.1) is 12.6 Å². The minimum absolute atomic E-state index is 0.200. The molecule has 1 heterocycles. The molecular weight excluding hydrogens is 230 g/mol. The lowest BCUT2D eigenvalue weighted by Gasteiger charge is -2.31. The first-order valence-electron chi connectivity index (χ1n) is 6.47. The maximum Gasteiger partial charge on any atom is 0.315 e. The van der Waals surface area contributed by atoms with Gasteiger partial charge in [0.15, 0.2) is 0 Å². The van der Waals surface area contributed by atoms with Crippen molar-refractivity contribution in [3.63, 3.8) is 0 Å². The number of urea groups is 1. The highest BCUT2D eigenvalue weighted by atomic mass is 16.3. The lowest BCUT2D eigenvalue weighted by atomic mass is 9.99. The summed E-state index contributed by atoms with van der Waals surface area (Å²) in [4.78, 5) is 13.4. The van der Waals surface area contributed by atoms with Crippen LogP contribution in [0.15, 0.2) is 0 Å². The molecule has 0 aromatic rings. The second-order valence-corrected chi connectivity index (χ2v) is 4.90. The molecule has 1 saturated heterocycles. The Bertz CT molecular complexity index is 293. The Balaban J connectivity index is 2.12. The van der Waals surface area contributed by atoms with E-state index in [0.717, 1.165) is 19.0 Å². The summed E-state index contributed by atoms with van der Waals surface area (Å²) < 4.78 is 0. The summed E-state index contributed by atoms with van der Waals surface area (Å²) in [5, 5.41) is 14.9. The van der Waals surface area contributed by atoms with Gasteiger partial charge in [-0.15, -0.1) is 6.42 Å². The smallest absolute Gasteiger partial charge is 0.315 e. The fourth-order valence-electron chi connectivity index (χ4n) is 2.01. The Morgan fingerprint density at radius 2 is 2.17 bits per heavy atom. The fourth-order valence-corrected chi connectivity index (χ4v) is 2.01. The van der Waals surface area contributed by atoms with Crippen LogP contribution < -0.4 is 10.6 Å². The zero-order chi connectivity index (χ0) is 13.4. The maximum absolute atomic E-state index is 11.2. The first-order valence-corrected chi connectivity index (χ1v) is 6.47. The molecule has 5 nitrogen and oxygen atoms in total. The largest absolute Gasteiger partial charge is 0.390 e. The van der Waals surface area contributed by atoms with Crippen LogP contribution in [0.25, 0.3) is 0 Å². The lowest BCUT2D eigenvalue weighted by Crippen LogP contribution is -2.45. The minimum Gasteiger partial charge on any atom is -0.390 e. The Labute approximate surface area is 109 Å². The van der Waals surface area contributed by atoms with Crippen LogP contribution in [0, 0.1) is 18.3 Å². The number of hydrogen-bond acceptors (Lipinski definition) is 3. The molecule has 1 fully saturated rings. The number of piperidine rings is 1. The van der Waals surface area contributed by atoms with Crippen molar-refractivity contribution in [2.45, 2.75) is 25.9 Å². The molecule has 5 heteroatoms. The fraction of sp³-hybridized carbons (Fsp3) is 0.769. The van der Waals surface area contributed by atoms with Gasteiger partial charge in [0.2, 0.25) is 0 Å². The molecule has 0 aromatic heterocycles. The van der Waals surface area contributed by atoms with Crippen molar-refractivity contribution in [1.29, 1.82) is 0 Å². The number of nitrogens with one attached hydrogen (secondary N) is 2. The summed E-state index contributed by atoms with van der Waals surface area (Å²) in [6, 6.07) is -0.334. The van der Waals surface area contributed by atoms with Crippen LogP contribution in [0.2, 0.25) is 0 Å². The Morgan fingerprint density at radius 1 is 1.50 bits per heavy atom. The van der Waals surface area contributed by atoms with E-state index < -0.39 is 6.10 Å². The van der Waals surface area contributed by atoms with Crippen molar-refractivity contribution in [3.05, 3.63) is 0 Å². The van der Waals surface area contributed by atoms with Gasteiger partial charge in [-0.2, -0.15) is 0 Å². The number of rotatable bonds is 5. The monoisotopic (exact) mass is 253 g/mol. The second kappa shape index (κ2) is 7.96. The van der Waals surface area contributed by atoms with Crippen molar-refractivity contribution in [3.8, 4) is 12.3 Å². The van der Waals surface area contributed by atoms with Crippen molar-refractivity contribution in [2.75, 3.05) is 32.7 Å². The predicted octanol–water partition coefficient (Wildman–Crippen LogP) is 0.0116. The molecule has 102 valence electrons. The van der Waals surface area contributed by atoms with Crippen molar-refractivity contribution < 1.29 is 9.90 Å². The molecule has 0 radical (unpaired) electrons. The second-order valence-electron chi connectivity index (χ2n) is 4.90. The average molecular weight is 253 g/mol. The normalized spacial score (nSPS) is 18.9. The van der Waals surface area contributed by atoms with Crippen LogP contribution in [-0.4, -0.2) is 54.9 Å². The Morgan fingerprint density at radius 3 is 2.78 bits per heavy atom. The van der Waals surface area contributed by atoms with Gasteiger partial charge < -0.3 is 20.6 Å². The van der Waals surface area contributed by atoms with Gasteiger partial charge >= 0.3 is 6.03 Å². The molecule has 1 aliphatic rings. The quantitative estimate of drug-likeness (QED) is 0.605. The third-order valence-corrected chi connectivity index (χ3v) is 3.19. The minimum atomic E-state index is -0.532. The molecule has 18 heavy (non-hydrogen) atoms. The molecule has 3 N–H and O–H groups in total. The van der Waals surface area contributed by atoms with Crippen LogP contribution in [0.4, 0.5) is 4.79 Å². The number of carbonyl (C=O) groups is 1.